The van der Waals surface area contributed by atoms with Gasteiger partial charge in [-0.2, -0.15) is 0 Å². The van der Waals surface area contributed by atoms with Gasteiger partial charge in [0, 0.05) is 32.4 Å². The van der Waals surface area contributed by atoms with Crippen LogP contribution in [0.4, 0.5) is 0 Å². The first-order chi connectivity index (χ1) is 9.61. The van der Waals surface area contributed by atoms with E-state index in [9.17, 15) is 9.59 Å². The Labute approximate surface area is 116 Å². The topological polar surface area (TPSA) is 125 Å². The number of ether oxygens (including phenoxy) is 1. The average Bonchev–Trinajstić information content (AvgIpc) is 2.84. The van der Waals surface area contributed by atoms with Crippen molar-refractivity contribution in [2.45, 2.75) is 25.7 Å². The number of hydrogen-bond donors (Lipinski definition) is 4. The van der Waals surface area contributed by atoms with E-state index in [0.717, 1.165) is 14.2 Å². The minimum absolute atomic E-state index is 0.0566. The number of rotatable bonds is 2. The van der Waals surface area contributed by atoms with Crippen LogP contribution in [0.5, 0.6) is 0 Å². The quantitative estimate of drug-likeness (QED) is 0.535. The van der Waals surface area contributed by atoms with Gasteiger partial charge in [0.2, 0.25) is 0 Å². The van der Waals surface area contributed by atoms with Crippen molar-refractivity contribution in [1.29, 1.82) is 0 Å². The van der Waals surface area contributed by atoms with Gasteiger partial charge in [-0.25, -0.2) is 4.79 Å². The van der Waals surface area contributed by atoms with Crippen LogP contribution in [0.2, 0.25) is 0 Å². The van der Waals surface area contributed by atoms with E-state index in [-0.39, 0.29) is 18.6 Å². The summed E-state index contributed by atoms with van der Waals surface area (Å²) >= 11 is 0. The molecule has 2 rings (SSSR count). The first-order valence-electron chi connectivity index (χ1n) is 6.09. The first kappa shape index (κ1) is 18.5. The van der Waals surface area contributed by atoms with Gasteiger partial charge in [0.1, 0.15) is 6.23 Å². The monoisotopic (exact) mass is 290 g/mol. The summed E-state index contributed by atoms with van der Waals surface area (Å²) in [5, 5.41) is 23.0. The predicted molar refractivity (Wildman–Crippen MR) is 72.4 cm³/mol. The molecule has 0 spiro atoms. The molecule has 0 unspecified atom stereocenters. The lowest BCUT2D eigenvalue weighted by atomic mass is 10.1. The third kappa shape index (κ3) is 4.57. The molecule has 20 heavy (non-hydrogen) atoms. The molecule has 3 atom stereocenters. The van der Waals surface area contributed by atoms with E-state index in [1.165, 1.54) is 16.8 Å². The second-order valence-corrected chi connectivity index (χ2v) is 4.06. The molecule has 0 aromatic carbocycles. The lowest BCUT2D eigenvalue weighted by Crippen LogP contribution is -2.33. The summed E-state index contributed by atoms with van der Waals surface area (Å²) in [6, 6.07) is 1.28. The Morgan fingerprint density at radius 3 is 2.40 bits per heavy atom. The zero-order chi connectivity index (χ0) is 15.7. The highest BCUT2D eigenvalue weighted by Gasteiger charge is 2.33. The van der Waals surface area contributed by atoms with E-state index < -0.39 is 17.5 Å². The van der Waals surface area contributed by atoms with Gasteiger partial charge in [-0.3, -0.25) is 14.3 Å². The van der Waals surface area contributed by atoms with E-state index in [1.807, 2.05) is 6.92 Å². The number of nitrogens with zero attached hydrogens (tertiary/aromatic N) is 1. The zero-order valence-electron chi connectivity index (χ0n) is 11.8. The molecule has 1 fully saturated rings. The third-order valence-electron chi connectivity index (χ3n) is 2.78. The second-order valence-electron chi connectivity index (χ2n) is 4.06. The Kier molecular flexibility index (Phi) is 8.73. The molecular formula is C12H22N2O6. The van der Waals surface area contributed by atoms with Gasteiger partial charge in [0.05, 0.1) is 12.7 Å². The lowest BCUT2D eigenvalue weighted by molar-refractivity contribution is -0.0336. The molecule has 116 valence electrons. The average molecular weight is 290 g/mol. The first-order valence-corrected chi connectivity index (χ1v) is 6.09. The van der Waals surface area contributed by atoms with Crippen molar-refractivity contribution in [3.8, 4) is 0 Å². The van der Waals surface area contributed by atoms with Crippen molar-refractivity contribution in [2.75, 3.05) is 20.8 Å². The Hall–Kier alpha value is -1.48. The van der Waals surface area contributed by atoms with Gasteiger partial charge >= 0.3 is 5.69 Å². The minimum atomic E-state index is -0.483. The van der Waals surface area contributed by atoms with E-state index in [0.29, 0.717) is 6.42 Å². The highest BCUT2D eigenvalue weighted by Crippen LogP contribution is 2.32. The van der Waals surface area contributed by atoms with Crippen LogP contribution in [0.1, 0.15) is 19.6 Å². The smallest absolute Gasteiger partial charge is 0.330 e. The summed E-state index contributed by atoms with van der Waals surface area (Å²) in [5.41, 5.74) is -0.909. The Balaban J connectivity index is 0.000000829. The van der Waals surface area contributed by atoms with Gasteiger partial charge < -0.3 is 20.1 Å². The molecule has 4 N–H and O–H groups in total. The molecule has 1 aromatic rings. The lowest BCUT2D eigenvalue weighted by Gasteiger charge is -2.17. The highest BCUT2D eigenvalue weighted by molar-refractivity contribution is 4.87. The number of aromatic nitrogens is 2. The minimum Gasteiger partial charge on any atom is -0.400 e. The molecule has 8 heteroatoms. The molecule has 0 bridgehead atoms. The fourth-order valence-electron chi connectivity index (χ4n) is 2.00. The van der Waals surface area contributed by atoms with Crippen LogP contribution in [0.15, 0.2) is 21.9 Å². The maximum Gasteiger partial charge on any atom is 0.330 e. The fourth-order valence-corrected chi connectivity index (χ4v) is 2.00. The second kappa shape index (κ2) is 9.43. The molecule has 0 radical (unpaired) electrons. The van der Waals surface area contributed by atoms with Crippen molar-refractivity contribution >= 4 is 0 Å². The number of hydrogen-bond acceptors (Lipinski definition) is 6. The van der Waals surface area contributed by atoms with Crippen LogP contribution in [0.3, 0.4) is 0 Å². The molecule has 1 aliphatic rings. The fraction of sp³-hybridized carbons (Fsp3) is 0.667. The molecule has 1 saturated heterocycles. The van der Waals surface area contributed by atoms with Gasteiger partial charge in [0.25, 0.3) is 5.56 Å². The number of H-pyrrole nitrogens is 1. The summed E-state index contributed by atoms with van der Waals surface area (Å²) < 4.78 is 6.87. The van der Waals surface area contributed by atoms with E-state index in [4.69, 9.17) is 20.1 Å². The number of aromatic amines is 1. The van der Waals surface area contributed by atoms with Crippen LogP contribution < -0.4 is 11.2 Å². The number of nitrogens with one attached hydrogen (secondary N) is 1. The van der Waals surface area contributed by atoms with Crippen molar-refractivity contribution in [3.63, 3.8) is 0 Å². The summed E-state index contributed by atoms with van der Waals surface area (Å²) in [5.74, 6) is 0.126. The molecule has 0 aliphatic carbocycles. The van der Waals surface area contributed by atoms with Crippen molar-refractivity contribution in [1.82, 2.24) is 9.55 Å². The third-order valence-corrected chi connectivity index (χ3v) is 2.78. The summed E-state index contributed by atoms with van der Waals surface area (Å²) in [6.07, 6.45) is 1.47. The van der Waals surface area contributed by atoms with E-state index >= 15 is 0 Å². The molecule has 8 nitrogen and oxygen atoms in total. The molecule has 1 aromatic heterocycles. The van der Waals surface area contributed by atoms with Gasteiger partial charge in [0.15, 0.2) is 0 Å². The van der Waals surface area contributed by atoms with Crippen LogP contribution >= 0.6 is 0 Å². The van der Waals surface area contributed by atoms with Crippen molar-refractivity contribution < 1.29 is 20.1 Å². The maximum atomic E-state index is 11.5. The SMILES string of the molecule is CO.CO.C[C@H]1C[C@@H](CO)O[C@H]1n1ccc(=O)[nH]c1=O. The van der Waals surface area contributed by atoms with Gasteiger partial charge in [-0.15, -0.1) is 0 Å². The summed E-state index contributed by atoms with van der Waals surface area (Å²) in [4.78, 5) is 24.6. The predicted octanol–water partition coefficient (Wildman–Crippen LogP) is -1.33. The van der Waals surface area contributed by atoms with Crippen LogP contribution in [-0.4, -0.2) is 51.8 Å². The maximum absolute atomic E-state index is 11.5. The normalized spacial score (nSPS) is 24.2. The Bertz CT molecular complexity index is 483. The highest BCUT2D eigenvalue weighted by atomic mass is 16.5. The summed E-state index contributed by atoms with van der Waals surface area (Å²) in [7, 11) is 2.00. The van der Waals surface area contributed by atoms with Crippen molar-refractivity contribution in [3.05, 3.63) is 33.1 Å². The molecule has 0 amide bonds. The Morgan fingerprint density at radius 1 is 1.35 bits per heavy atom. The van der Waals surface area contributed by atoms with E-state index in [2.05, 4.69) is 4.98 Å². The standard InChI is InChI=1S/C10H14N2O4.2CH4O/c1-6-4-7(5-13)16-9(6)12-3-2-8(14)11-10(12)15;2*1-2/h2-3,6-7,9,13H,4-5H2,1H3,(H,11,14,15);2*2H,1H3/t6-,7-,9+;;/m0../s1. The van der Waals surface area contributed by atoms with Crippen molar-refractivity contribution in [2.24, 2.45) is 5.92 Å². The molecule has 1 aliphatic heterocycles. The van der Waals surface area contributed by atoms with Crippen LogP contribution in [0, 0.1) is 5.92 Å². The summed E-state index contributed by atoms with van der Waals surface area (Å²) in [6.45, 7) is 1.89. The van der Waals surface area contributed by atoms with E-state index in [1.54, 1.807) is 0 Å². The molecular weight excluding hydrogens is 268 g/mol. The number of aliphatic hydroxyl groups excluding tert-OH is 3. The molecule has 2 heterocycles. The van der Waals surface area contributed by atoms with Gasteiger partial charge in [-0.1, -0.05) is 6.92 Å². The Morgan fingerprint density at radius 2 is 1.95 bits per heavy atom. The molecule has 0 saturated carbocycles. The zero-order valence-corrected chi connectivity index (χ0v) is 11.8. The number of aliphatic hydroxyl groups is 3. The largest absolute Gasteiger partial charge is 0.400 e. The van der Waals surface area contributed by atoms with Gasteiger partial charge in [-0.05, 0) is 6.42 Å². The van der Waals surface area contributed by atoms with Crippen LogP contribution in [0.25, 0.3) is 0 Å². The van der Waals surface area contributed by atoms with Crippen LogP contribution in [-0.2, 0) is 4.74 Å².